The molecule has 2 aromatic rings. The fourth-order valence-electron chi connectivity index (χ4n) is 3.68. The molecule has 2 heteroatoms. The van der Waals surface area contributed by atoms with E-state index in [0.29, 0.717) is 0 Å². The van der Waals surface area contributed by atoms with Crippen LogP contribution < -0.4 is 5.56 Å². The van der Waals surface area contributed by atoms with Crippen LogP contribution in [0.5, 0.6) is 0 Å². The van der Waals surface area contributed by atoms with Crippen LogP contribution in [0.3, 0.4) is 0 Å². The lowest BCUT2D eigenvalue weighted by atomic mass is 9.88. The number of hydrogen-bond acceptors (Lipinski definition) is 1. The minimum absolute atomic E-state index is 0.106. The molecule has 122 valence electrons. The summed E-state index contributed by atoms with van der Waals surface area (Å²) in [6, 6.07) is 4.73. The van der Waals surface area contributed by atoms with Crippen molar-refractivity contribution in [3.63, 3.8) is 0 Å². The Morgan fingerprint density at radius 2 is 1.78 bits per heavy atom. The van der Waals surface area contributed by atoms with Crippen molar-refractivity contribution >= 4 is 0 Å². The fourth-order valence-corrected chi connectivity index (χ4v) is 3.68. The van der Waals surface area contributed by atoms with Crippen LogP contribution in [0.25, 0.3) is 11.1 Å². The van der Waals surface area contributed by atoms with Crippen molar-refractivity contribution in [2.45, 2.75) is 59.3 Å². The minimum atomic E-state index is 0.106. The lowest BCUT2D eigenvalue weighted by molar-refractivity contribution is 0.845. The molecule has 0 amide bonds. The van der Waals surface area contributed by atoms with Crippen molar-refractivity contribution in [2.24, 2.45) is 7.05 Å². The number of nitrogens with zero attached hydrogens (tertiary/aromatic N) is 1. The van der Waals surface area contributed by atoms with Gasteiger partial charge in [0.1, 0.15) is 0 Å². The third-order valence-corrected chi connectivity index (χ3v) is 5.37. The van der Waals surface area contributed by atoms with E-state index in [4.69, 9.17) is 0 Å². The average molecular weight is 309 g/mol. The lowest BCUT2D eigenvalue weighted by Gasteiger charge is -2.18. The van der Waals surface area contributed by atoms with Gasteiger partial charge in [-0.25, -0.2) is 0 Å². The smallest absolute Gasteiger partial charge is 0.253 e. The molecule has 0 bridgehead atoms. The van der Waals surface area contributed by atoms with E-state index in [0.717, 1.165) is 29.9 Å². The van der Waals surface area contributed by atoms with E-state index in [1.54, 1.807) is 15.7 Å². The summed E-state index contributed by atoms with van der Waals surface area (Å²) in [6.45, 7) is 8.52. The number of benzene rings is 1. The first-order valence-corrected chi connectivity index (χ1v) is 8.80. The molecule has 0 saturated heterocycles. The Bertz CT molecular complexity index is 810. The molecule has 0 atom stereocenters. The molecule has 0 unspecified atom stereocenters. The van der Waals surface area contributed by atoms with Gasteiger partial charge in [0.15, 0.2) is 0 Å². The molecule has 3 rings (SSSR count). The van der Waals surface area contributed by atoms with E-state index in [-0.39, 0.29) is 5.56 Å². The van der Waals surface area contributed by atoms with Crippen LogP contribution in [0.2, 0.25) is 0 Å². The van der Waals surface area contributed by atoms with E-state index < -0.39 is 0 Å². The zero-order chi connectivity index (χ0) is 16.7. The molecule has 0 N–H and O–H groups in total. The van der Waals surface area contributed by atoms with Gasteiger partial charge in [-0.2, -0.15) is 0 Å². The topological polar surface area (TPSA) is 22.0 Å². The first-order chi connectivity index (χ1) is 11.0. The van der Waals surface area contributed by atoms with Crippen molar-refractivity contribution in [1.29, 1.82) is 0 Å². The molecule has 1 aliphatic rings. The molecule has 2 nitrogen and oxygen atoms in total. The zero-order valence-electron chi connectivity index (χ0n) is 15.0. The summed E-state index contributed by atoms with van der Waals surface area (Å²) in [5.41, 5.74) is 9.12. The summed E-state index contributed by atoms with van der Waals surface area (Å²) in [7, 11) is 1.85. The summed E-state index contributed by atoms with van der Waals surface area (Å²) in [6.07, 6.45) is 6.83. The molecule has 1 aromatic carbocycles. The number of pyridine rings is 1. The van der Waals surface area contributed by atoms with Gasteiger partial charge < -0.3 is 4.57 Å². The highest BCUT2D eigenvalue weighted by atomic mass is 16.1. The molecule has 23 heavy (non-hydrogen) atoms. The minimum Gasteiger partial charge on any atom is -0.318 e. The second-order valence-corrected chi connectivity index (χ2v) is 6.89. The number of aryl methyl sites for hydroxylation is 2. The average Bonchev–Trinajstić information content (AvgIpc) is 3.39. The summed E-state index contributed by atoms with van der Waals surface area (Å²) in [4.78, 5) is 12.1. The van der Waals surface area contributed by atoms with E-state index in [2.05, 4.69) is 32.9 Å². The summed E-state index contributed by atoms with van der Waals surface area (Å²) in [5, 5.41) is 0. The van der Waals surface area contributed by atoms with Gasteiger partial charge in [-0.1, -0.05) is 26.0 Å². The van der Waals surface area contributed by atoms with Gasteiger partial charge in [0.2, 0.25) is 0 Å². The molecule has 1 aliphatic carbocycles. The highest BCUT2D eigenvalue weighted by molar-refractivity contribution is 5.70. The van der Waals surface area contributed by atoms with Crippen LogP contribution in [0.15, 0.2) is 23.1 Å². The Hall–Kier alpha value is -1.83. The van der Waals surface area contributed by atoms with Crippen LogP contribution in [0.4, 0.5) is 0 Å². The van der Waals surface area contributed by atoms with Gasteiger partial charge in [0, 0.05) is 24.4 Å². The van der Waals surface area contributed by atoms with Gasteiger partial charge in [0.25, 0.3) is 5.56 Å². The Kier molecular flexibility index (Phi) is 4.18. The number of rotatable bonds is 4. The van der Waals surface area contributed by atoms with E-state index in [9.17, 15) is 4.79 Å². The summed E-state index contributed by atoms with van der Waals surface area (Å²) < 4.78 is 1.72. The lowest BCUT2D eigenvalue weighted by Crippen LogP contribution is -2.20. The molecule has 1 heterocycles. The predicted octanol–water partition coefficient (Wildman–Crippen LogP) is 4.67. The van der Waals surface area contributed by atoms with Crippen LogP contribution in [-0.4, -0.2) is 4.57 Å². The van der Waals surface area contributed by atoms with Crippen LogP contribution >= 0.6 is 0 Å². The van der Waals surface area contributed by atoms with Crippen LogP contribution in [0.1, 0.15) is 60.4 Å². The third-order valence-electron chi connectivity index (χ3n) is 5.37. The van der Waals surface area contributed by atoms with Crippen LogP contribution in [0, 0.1) is 13.8 Å². The summed E-state index contributed by atoms with van der Waals surface area (Å²) >= 11 is 0. The highest BCUT2D eigenvalue weighted by Crippen LogP contribution is 2.44. The quantitative estimate of drug-likeness (QED) is 0.804. The van der Waals surface area contributed by atoms with E-state index in [1.165, 1.54) is 29.5 Å². The van der Waals surface area contributed by atoms with Crippen molar-refractivity contribution in [1.82, 2.24) is 4.57 Å². The molecule has 0 radical (unpaired) electrons. The highest BCUT2D eigenvalue weighted by Gasteiger charge is 2.27. The second-order valence-electron chi connectivity index (χ2n) is 6.89. The summed E-state index contributed by atoms with van der Waals surface area (Å²) in [5.74, 6) is 0.754. The van der Waals surface area contributed by atoms with Gasteiger partial charge in [-0.15, -0.1) is 0 Å². The predicted molar refractivity (Wildman–Crippen MR) is 97.3 cm³/mol. The van der Waals surface area contributed by atoms with Crippen molar-refractivity contribution in [3.8, 4) is 11.1 Å². The second kappa shape index (κ2) is 5.99. The largest absolute Gasteiger partial charge is 0.318 e. The monoisotopic (exact) mass is 309 g/mol. The maximum atomic E-state index is 12.1. The molecular weight excluding hydrogens is 282 g/mol. The Morgan fingerprint density at radius 1 is 1.09 bits per heavy atom. The Labute approximate surface area is 139 Å². The normalized spacial score (nSPS) is 14.3. The first kappa shape index (κ1) is 16.0. The van der Waals surface area contributed by atoms with E-state index >= 15 is 0 Å². The number of hydrogen-bond donors (Lipinski definition) is 0. The third kappa shape index (κ3) is 2.75. The van der Waals surface area contributed by atoms with Gasteiger partial charge in [-0.05, 0) is 73.3 Å². The van der Waals surface area contributed by atoms with Gasteiger partial charge >= 0.3 is 0 Å². The molecule has 1 aromatic heterocycles. The molecule has 0 spiro atoms. The van der Waals surface area contributed by atoms with Crippen molar-refractivity contribution in [3.05, 3.63) is 56.5 Å². The van der Waals surface area contributed by atoms with Gasteiger partial charge in [-0.3, -0.25) is 4.79 Å². The Morgan fingerprint density at radius 3 is 2.35 bits per heavy atom. The zero-order valence-corrected chi connectivity index (χ0v) is 15.0. The van der Waals surface area contributed by atoms with Crippen molar-refractivity contribution < 1.29 is 0 Å². The van der Waals surface area contributed by atoms with Gasteiger partial charge in [0.05, 0.1) is 0 Å². The molecule has 0 aliphatic heterocycles. The Balaban J connectivity index is 2.25. The standard InChI is InChI=1S/C21H27NO/c1-6-15-10-17(11-19(16-8-9-16)18(15)7-2)20-12-22(5)21(23)14(4)13(20)3/h10-12,16H,6-9H2,1-5H3. The first-order valence-electron chi connectivity index (χ1n) is 8.80. The van der Waals surface area contributed by atoms with Crippen molar-refractivity contribution in [2.75, 3.05) is 0 Å². The van der Waals surface area contributed by atoms with E-state index in [1.807, 2.05) is 20.2 Å². The molecular formula is C21H27NO. The molecule has 1 saturated carbocycles. The SMILES string of the molecule is CCc1cc(-c2cn(C)c(=O)c(C)c2C)cc(C2CC2)c1CC. The van der Waals surface area contributed by atoms with Crippen LogP contribution in [-0.2, 0) is 19.9 Å². The maximum Gasteiger partial charge on any atom is 0.253 e. The fraction of sp³-hybridized carbons (Fsp3) is 0.476. The number of aromatic nitrogens is 1. The molecule has 1 fully saturated rings. The maximum absolute atomic E-state index is 12.1.